The molecule has 0 radical (unpaired) electrons. The molecule has 1 aromatic rings. The molecule has 25 heavy (non-hydrogen) atoms. The molecular formula is C18H25FN4O2. The van der Waals surface area contributed by atoms with Gasteiger partial charge >= 0.3 is 6.03 Å². The number of halogens is 1. The minimum atomic E-state index is -0.245. The zero-order valence-electron chi connectivity index (χ0n) is 14.6. The van der Waals surface area contributed by atoms with E-state index in [0.29, 0.717) is 39.1 Å². The Labute approximate surface area is 147 Å². The maximum atomic E-state index is 13.0. The van der Waals surface area contributed by atoms with Crippen LogP contribution in [0.1, 0.15) is 19.8 Å². The fourth-order valence-corrected chi connectivity index (χ4v) is 3.44. The third-order valence-corrected chi connectivity index (χ3v) is 4.79. The van der Waals surface area contributed by atoms with Gasteiger partial charge in [-0.05, 0) is 30.7 Å². The summed E-state index contributed by atoms with van der Waals surface area (Å²) in [5, 5.41) is 2.99. The van der Waals surface area contributed by atoms with Gasteiger partial charge in [-0.25, -0.2) is 9.18 Å². The molecule has 136 valence electrons. The van der Waals surface area contributed by atoms with E-state index in [2.05, 4.69) is 10.2 Å². The van der Waals surface area contributed by atoms with Crippen LogP contribution in [0.4, 0.5) is 14.9 Å². The molecule has 2 aliphatic heterocycles. The third-order valence-electron chi connectivity index (χ3n) is 4.79. The van der Waals surface area contributed by atoms with Crippen molar-refractivity contribution >= 4 is 17.6 Å². The number of rotatable bonds is 4. The molecular weight excluding hydrogens is 323 g/mol. The summed E-state index contributed by atoms with van der Waals surface area (Å²) in [6.07, 6.45) is 1.32. The lowest BCUT2D eigenvalue weighted by Crippen LogP contribution is -2.53. The molecule has 2 heterocycles. The van der Waals surface area contributed by atoms with Gasteiger partial charge in [0.05, 0.1) is 6.04 Å². The lowest BCUT2D eigenvalue weighted by molar-refractivity contribution is -0.127. The summed E-state index contributed by atoms with van der Waals surface area (Å²) in [5.74, 6) is -0.127. The van der Waals surface area contributed by atoms with Crippen molar-refractivity contribution in [2.24, 2.45) is 0 Å². The number of likely N-dealkylation sites (tertiary alicyclic amines) is 1. The minimum Gasteiger partial charge on any atom is -0.368 e. The Bertz CT molecular complexity index is 614. The van der Waals surface area contributed by atoms with Crippen molar-refractivity contribution in [2.45, 2.75) is 25.8 Å². The smallest absolute Gasteiger partial charge is 0.317 e. The molecule has 0 aliphatic carbocycles. The maximum Gasteiger partial charge on any atom is 0.317 e. The van der Waals surface area contributed by atoms with Crippen LogP contribution in [0.2, 0.25) is 0 Å². The van der Waals surface area contributed by atoms with Crippen LogP contribution in [0.3, 0.4) is 0 Å². The van der Waals surface area contributed by atoms with Crippen molar-refractivity contribution in [3.63, 3.8) is 0 Å². The van der Waals surface area contributed by atoms with E-state index in [4.69, 9.17) is 0 Å². The van der Waals surface area contributed by atoms with E-state index in [0.717, 1.165) is 18.7 Å². The van der Waals surface area contributed by atoms with Gasteiger partial charge in [0.2, 0.25) is 5.91 Å². The number of carbonyl (C=O) groups is 2. The molecule has 3 rings (SSSR count). The number of amides is 3. The van der Waals surface area contributed by atoms with Crippen LogP contribution < -0.4 is 10.2 Å². The Morgan fingerprint density at radius 2 is 1.88 bits per heavy atom. The van der Waals surface area contributed by atoms with E-state index >= 15 is 0 Å². The topological polar surface area (TPSA) is 55.9 Å². The monoisotopic (exact) mass is 348 g/mol. The van der Waals surface area contributed by atoms with Gasteiger partial charge in [0.25, 0.3) is 0 Å². The molecule has 2 fully saturated rings. The highest BCUT2D eigenvalue weighted by Gasteiger charge is 2.31. The number of benzene rings is 1. The number of urea groups is 1. The van der Waals surface area contributed by atoms with E-state index in [1.54, 1.807) is 17.0 Å². The first-order chi connectivity index (χ1) is 12.1. The highest BCUT2D eigenvalue weighted by atomic mass is 19.1. The lowest BCUT2D eigenvalue weighted by atomic mass is 10.2. The highest BCUT2D eigenvalue weighted by molar-refractivity contribution is 5.81. The van der Waals surface area contributed by atoms with Crippen molar-refractivity contribution in [3.8, 4) is 0 Å². The molecule has 7 heteroatoms. The summed E-state index contributed by atoms with van der Waals surface area (Å²) < 4.78 is 13.0. The van der Waals surface area contributed by atoms with Gasteiger partial charge in [-0.3, -0.25) is 4.79 Å². The van der Waals surface area contributed by atoms with Gasteiger partial charge in [-0.2, -0.15) is 0 Å². The molecule has 0 spiro atoms. The summed E-state index contributed by atoms with van der Waals surface area (Å²) in [6.45, 7) is 6.05. The van der Waals surface area contributed by atoms with Crippen LogP contribution in [-0.4, -0.2) is 67.0 Å². The number of anilines is 1. The molecule has 0 bridgehead atoms. The van der Waals surface area contributed by atoms with E-state index in [-0.39, 0.29) is 23.8 Å². The van der Waals surface area contributed by atoms with Gasteiger partial charge < -0.3 is 20.0 Å². The van der Waals surface area contributed by atoms with Gasteiger partial charge in [0, 0.05) is 51.4 Å². The molecule has 2 saturated heterocycles. The van der Waals surface area contributed by atoms with Gasteiger partial charge in [-0.1, -0.05) is 6.92 Å². The Kier molecular flexibility index (Phi) is 5.40. The van der Waals surface area contributed by atoms with E-state index in [1.165, 1.54) is 12.1 Å². The second kappa shape index (κ2) is 7.72. The second-order valence-corrected chi connectivity index (χ2v) is 6.64. The van der Waals surface area contributed by atoms with Gasteiger partial charge in [-0.15, -0.1) is 0 Å². The van der Waals surface area contributed by atoms with Crippen LogP contribution in [-0.2, 0) is 4.79 Å². The Morgan fingerprint density at radius 1 is 1.20 bits per heavy atom. The zero-order chi connectivity index (χ0) is 17.8. The number of carbonyl (C=O) groups excluding carboxylic acids is 2. The molecule has 1 aromatic carbocycles. The fourth-order valence-electron chi connectivity index (χ4n) is 3.44. The summed E-state index contributed by atoms with van der Waals surface area (Å²) in [7, 11) is 0. The van der Waals surface area contributed by atoms with Crippen molar-refractivity contribution in [2.75, 3.05) is 44.2 Å². The number of piperazine rings is 1. The predicted octanol–water partition coefficient (Wildman–Crippen LogP) is 1.67. The van der Waals surface area contributed by atoms with Crippen LogP contribution in [0, 0.1) is 5.82 Å². The number of nitrogens with one attached hydrogen (secondary N) is 1. The first kappa shape index (κ1) is 17.5. The number of hydrogen-bond donors (Lipinski definition) is 1. The molecule has 2 aliphatic rings. The van der Waals surface area contributed by atoms with Gasteiger partial charge in [0.15, 0.2) is 0 Å². The fraction of sp³-hybridized carbons (Fsp3) is 0.556. The molecule has 6 nitrogen and oxygen atoms in total. The highest BCUT2D eigenvalue weighted by Crippen LogP contribution is 2.17. The van der Waals surface area contributed by atoms with Crippen molar-refractivity contribution < 1.29 is 14.0 Å². The molecule has 0 saturated carbocycles. The quantitative estimate of drug-likeness (QED) is 0.901. The standard InChI is InChI=1S/C18H25FN4O2/c1-2-7-23-13-15(12-17(23)24)20-18(25)22-10-8-21(9-11-22)16-5-3-14(19)4-6-16/h3-6,15H,2,7-13H2,1H3,(H,20,25). The van der Waals surface area contributed by atoms with Crippen molar-refractivity contribution in [1.82, 2.24) is 15.1 Å². The van der Waals surface area contributed by atoms with Gasteiger partial charge in [0.1, 0.15) is 5.82 Å². The Balaban J connectivity index is 1.47. The summed E-state index contributed by atoms with van der Waals surface area (Å²) >= 11 is 0. The molecule has 1 atom stereocenters. The normalized spacial score (nSPS) is 21.0. The molecule has 1 N–H and O–H groups in total. The SMILES string of the molecule is CCCN1CC(NC(=O)N2CCN(c3ccc(F)cc3)CC2)CC1=O. The van der Waals surface area contributed by atoms with Crippen LogP contribution in [0.25, 0.3) is 0 Å². The molecule has 1 unspecified atom stereocenters. The summed E-state index contributed by atoms with van der Waals surface area (Å²) in [6, 6.07) is 6.23. The number of nitrogens with zero attached hydrogens (tertiary/aromatic N) is 3. The minimum absolute atomic E-state index is 0.0957. The first-order valence-electron chi connectivity index (χ1n) is 8.90. The van der Waals surface area contributed by atoms with Crippen LogP contribution in [0.15, 0.2) is 24.3 Å². The maximum absolute atomic E-state index is 13.0. The first-order valence-corrected chi connectivity index (χ1v) is 8.90. The van der Waals surface area contributed by atoms with Crippen LogP contribution >= 0.6 is 0 Å². The average molecular weight is 348 g/mol. The Morgan fingerprint density at radius 3 is 2.52 bits per heavy atom. The number of hydrogen-bond acceptors (Lipinski definition) is 3. The molecule has 3 amide bonds. The third kappa shape index (κ3) is 4.21. The molecule has 0 aromatic heterocycles. The van der Waals surface area contributed by atoms with Crippen molar-refractivity contribution in [3.05, 3.63) is 30.1 Å². The largest absolute Gasteiger partial charge is 0.368 e. The summed E-state index contributed by atoms with van der Waals surface area (Å²) in [4.78, 5) is 30.1. The lowest BCUT2D eigenvalue weighted by Gasteiger charge is -2.36. The van der Waals surface area contributed by atoms with Crippen molar-refractivity contribution in [1.29, 1.82) is 0 Å². The average Bonchev–Trinajstić information content (AvgIpc) is 2.95. The second-order valence-electron chi connectivity index (χ2n) is 6.64. The van der Waals surface area contributed by atoms with E-state index in [1.807, 2.05) is 11.8 Å². The van der Waals surface area contributed by atoms with Crippen LogP contribution in [0.5, 0.6) is 0 Å². The zero-order valence-corrected chi connectivity index (χ0v) is 14.6. The van der Waals surface area contributed by atoms with E-state index in [9.17, 15) is 14.0 Å². The Hall–Kier alpha value is -2.31. The van der Waals surface area contributed by atoms with E-state index < -0.39 is 0 Å². The summed E-state index contributed by atoms with van der Waals surface area (Å²) in [5.41, 5.74) is 0.970. The predicted molar refractivity (Wildman–Crippen MR) is 94.0 cm³/mol.